The maximum atomic E-state index is 10.7. The van der Waals surface area contributed by atoms with Gasteiger partial charge in [0.15, 0.2) is 5.12 Å². The van der Waals surface area contributed by atoms with Crippen LogP contribution in [-0.2, 0) is 32.0 Å². The van der Waals surface area contributed by atoms with Crippen molar-refractivity contribution in [2.45, 2.75) is 26.3 Å². The van der Waals surface area contributed by atoms with Crippen LogP contribution < -0.4 is 0 Å². The molecule has 0 saturated carbocycles. The Morgan fingerprint density at radius 2 is 1.88 bits per heavy atom. The quantitative estimate of drug-likeness (QED) is 0.349. The lowest BCUT2D eigenvalue weighted by Gasteiger charge is -2.06. The number of hydrogen-bond donors (Lipinski definition) is 0. The lowest BCUT2D eigenvalue weighted by atomic mass is 10.2. The standard InChI is InChI=1S/C16H27N3O4S/c1-3-4-5-16-14-19(18-17-16)6-7-21-8-9-22-10-11-23-12-13-24-15(2)20/h3,14H,1,4-13H2,2H3. The fourth-order valence-electron chi connectivity index (χ4n) is 1.76. The van der Waals surface area contributed by atoms with Crippen molar-refractivity contribution in [2.24, 2.45) is 0 Å². The molecule has 0 aliphatic carbocycles. The zero-order chi connectivity index (χ0) is 17.5. The number of ether oxygens (including phenoxy) is 3. The molecule has 1 aromatic rings. The van der Waals surface area contributed by atoms with E-state index in [-0.39, 0.29) is 5.12 Å². The molecular formula is C16H27N3O4S. The van der Waals surface area contributed by atoms with E-state index in [2.05, 4.69) is 16.9 Å². The van der Waals surface area contributed by atoms with Gasteiger partial charge in [0, 0.05) is 18.9 Å². The number of allylic oxidation sites excluding steroid dienone is 1. The van der Waals surface area contributed by atoms with E-state index in [9.17, 15) is 4.79 Å². The van der Waals surface area contributed by atoms with Crippen molar-refractivity contribution in [1.29, 1.82) is 0 Å². The highest BCUT2D eigenvalue weighted by Gasteiger charge is 2.00. The maximum Gasteiger partial charge on any atom is 0.185 e. The van der Waals surface area contributed by atoms with E-state index >= 15 is 0 Å². The van der Waals surface area contributed by atoms with Crippen molar-refractivity contribution in [1.82, 2.24) is 15.0 Å². The second-order valence-electron chi connectivity index (χ2n) is 4.98. The first kappa shape index (κ1) is 20.8. The molecule has 0 amide bonds. The van der Waals surface area contributed by atoms with Crippen LogP contribution in [0.3, 0.4) is 0 Å². The summed E-state index contributed by atoms with van der Waals surface area (Å²) in [5.41, 5.74) is 0.972. The Hall–Kier alpha value is -1.22. The van der Waals surface area contributed by atoms with Crippen LogP contribution in [0.25, 0.3) is 0 Å². The molecule has 0 fully saturated rings. The maximum absolute atomic E-state index is 10.7. The molecule has 0 aliphatic heterocycles. The summed E-state index contributed by atoms with van der Waals surface area (Å²) in [6.07, 6.45) is 5.59. The minimum Gasteiger partial charge on any atom is -0.378 e. The fraction of sp³-hybridized carbons (Fsp3) is 0.688. The predicted molar refractivity (Wildman–Crippen MR) is 94.1 cm³/mol. The SMILES string of the molecule is C=CCCc1cn(CCOCCOCCOCCSC(C)=O)nn1. The van der Waals surface area contributed by atoms with Crippen LogP contribution >= 0.6 is 11.8 Å². The van der Waals surface area contributed by atoms with E-state index in [1.54, 1.807) is 11.6 Å². The Morgan fingerprint density at radius 3 is 2.54 bits per heavy atom. The third-order valence-electron chi connectivity index (χ3n) is 2.93. The minimum absolute atomic E-state index is 0.117. The first-order chi connectivity index (χ1) is 11.7. The van der Waals surface area contributed by atoms with Gasteiger partial charge in [-0.1, -0.05) is 23.1 Å². The Balaban J connectivity index is 1.86. The summed E-state index contributed by atoms with van der Waals surface area (Å²) in [6, 6.07) is 0. The van der Waals surface area contributed by atoms with Crippen molar-refractivity contribution < 1.29 is 19.0 Å². The Bertz CT molecular complexity index is 468. The minimum atomic E-state index is 0.117. The lowest BCUT2D eigenvalue weighted by molar-refractivity contribution is -0.109. The second kappa shape index (κ2) is 14.2. The van der Waals surface area contributed by atoms with Crippen molar-refractivity contribution in [3.05, 3.63) is 24.5 Å². The van der Waals surface area contributed by atoms with E-state index in [0.717, 1.165) is 18.5 Å². The number of thioether (sulfide) groups is 1. The van der Waals surface area contributed by atoms with Gasteiger partial charge in [-0.15, -0.1) is 11.7 Å². The smallest absolute Gasteiger partial charge is 0.185 e. The molecule has 0 bridgehead atoms. The average Bonchev–Trinajstić information content (AvgIpc) is 3.01. The lowest BCUT2D eigenvalue weighted by Crippen LogP contribution is -2.13. The molecule has 7 nitrogen and oxygen atoms in total. The van der Waals surface area contributed by atoms with Crippen molar-refractivity contribution in [2.75, 3.05) is 45.4 Å². The van der Waals surface area contributed by atoms with Gasteiger partial charge in [0.25, 0.3) is 0 Å². The highest BCUT2D eigenvalue weighted by Crippen LogP contribution is 2.00. The summed E-state index contributed by atoms with van der Waals surface area (Å²) in [7, 11) is 0. The molecule has 0 saturated heterocycles. The molecule has 0 spiro atoms. The van der Waals surface area contributed by atoms with E-state index in [0.29, 0.717) is 51.9 Å². The number of rotatable bonds is 15. The van der Waals surface area contributed by atoms with Crippen LogP contribution in [0.1, 0.15) is 19.0 Å². The number of hydrogen-bond acceptors (Lipinski definition) is 7. The van der Waals surface area contributed by atoms with Crippen LogP contribution in [0.2, 0.25) is 0 Å². The molecule has 1 aromatic heterocycles. The Labute approximate surface area is 147 Å². The van der Waals surface area contributed by atoms with E-state index in [1.807, 2.05) is 12.3 Å². The summed E-state index contributed by atoms with van der Waals surface area (Å²) < 4.78 is 18.0. The molecule has 0 atom stereocenters. The summed E-state index contributed by atoms with van der Waals surface area (Å²) >= 11 is 1.27. The number of aryl methyl sites for hydroxylation is 1. The van der Waals surface area contributed by atoms with Crippen molar-refractivity contribution >= 4 is 16.9 Å². The molecule has 0 aliphatic rings. The van der Waals surface area contributed by atoms with Gasteiger partial charge in [-0.2, -0.15) is 0 Å². The average molecular weight is 357 g/mol. The highest BCUT2D eigenvalue weighted by molar-refractivity contribution is 8.13. The number of carbonyl (C=O) groups excluding carboxylic acids is 1. The van der Waals surface area contributed by atoms with Gasteiger partial charge in [0.2, 0.25) is 0 Å². The van der Waals surface area contributed by atoms with E-state index in [1.165, 1.54) is 11.8 Å². The van der Waals surface area contributed by atoms with Crippen molar-refractivity contribution in [3.8, 4) is 0 Å². The van der Waals surface area contributed by atoms with Crippen LogP contribution in [0.4, 0.5) is 0 Å². The number of aromatic nitrogens is 3. The molecule has 1 rings (SSSR count). The molecule has 0 unspecified atom stereocenters. The molecule has 0 radical (unpaired) electrons. The van der Waals surface area contributed by atoms with Crippen LogP contribution in [-0.4, -0.2) is 65.5 Å². The molecule has 0 N–H and O–H groups in total. The fourth-order valence-corrected chi connectivity index (χ4v) is 2.25. The molecule has 24 heavy (non-hydrogen) atoms. The Kier molecular flexibility index (Phi) is 12.3. The van der Waals surface area contributed by atoms with Gasteiger partial charge < -0.3 is 14.2 Å². The topological polar surface area (TPSA) is 75.5 Å². The normalized spacial score (nSPS) is 10.9. The predicted octanol–water partition coefficient (Wildman–Crippen LogP) is 1.73. The first-order valence-corrected chi connectivity index (χ1v) is 9.07. The van der Waals surface area contributed by atoms with Gasteiger partial charge in [0.05, 0.1) is 51.9 Å². The van der Waals surface area contributed by atoms with Gasteiger partial charge in [-0.3, -0.25) is 4.79 Å². The van der Waals surface area contributed by atoms with E-state index < -0.39 is 0 Å². The van der Waals surface area contributed by atoms with Crippen LogP contribution in [0, 0.1) is 0 Å². The highest BCUT2D eigenvalue weighted by atomic mass is 32.2. The molecule has 8 heteroatoms. The third-order valence-corrected chi connectivity index (χ3v) is 3.71. The number of nitrogens with zero attached hydrogens (tertiary/aromatic N) is 3. The molecule has 136 valence electrons. The van der Waals surface area contributed by atoms with Crippen LogP contribution in [0.15, 0.2) is 18.9 Å². The molecule has 0 aromatic carbocycles. The van der Waals surface area contributed by atoms with Gasteiger partial charge >= 0.3 is 0 Å². The zero-order valence-corrected chi connectivity index (χ0v) is 15.1. The van der Waals surface area contributed by atoms with Crippen molar-refractivity contribution in [3.63, 3.8) is 0 Å². The third kappa shape index (κ3) is 11.3. The summed E-state index contributed by atoms with van der Waals surface area (Å²) in [5, 5.41) is 8.25. The summed E-state index contributed by atoms with van der Waals surface area (Å²) in [4.78, 5) is 10.7. The zero-order valence-electron chi connectivity index (χ0n) is 14.3. The molecule has 1 heterocycles. The monoisotopic (exact) mass is 357 g/mol. The first-order valence-electron chi connectivity index (χ1n) is 8.09. The summed E-state index contributed by atoms with van der Waals surface area (Å²) in [6.45, 7) is 9.20. The van der Waals surface area contributed by atoms with E-state index in [4.69, 9.17) is 14.2 Å². The van der Waals surface area contributed by atoms with Gasteiger partial charge in [0.1, 0.15) is 0 Å². The van der Waals surface area contributed by atoms with Crippen LogP contribution in [0.5, 0.6) is 0 Å². The Morgan fingerprint density at radius 1 is 1.21 bits per heavy atom. The summed E-state index contributed by atoms with van der Waals surface area (Å²) in [5.74, 6) is 0.691. The van der Waals surface area contributed by atoms with Gasteiger partial charge in [-0.05, 0) is 12.8 Å². The number of carbonyl (C=O) groups is 1. The molecular weight excluding hydrogens is 330 g/mol. The van der Waals surface area contributed by atoms with Gasteiger partial charge in [-0.25, -0.2) is 4.68 Å². The second-order valence-corrected chi connectivity index (χ2v) is 6.25. The largest absolute Gasteiger partial charge is 0.378 e.